The summed E-state index contributed by atoms with van der Waals surface area (Å²) in [7, 11) is -7.15. The zero-order valence-corrected chi connectivity index (χ0v) is 24.8. The van der Waals surface area contributed by atoms with Crippen molar-refractivity contribution in [1.29, 1.82) is 0 Å². The lowest BCUT2D eigenvalue weighted by Crippen LogP contribution is -2.58. The summed E-state index contributed by atoms with van der Waals surface area (Å²) < 4.78 is 45.1. The van der Waals surface area contributed by atoms with E-state index in [0.717, 1.165) is 30.0 Å². The van der Waals surface area contributed by atoms with Crippen LogP contribution in [-0.2, 0) is 4.74 Å². The Balaban J connectivity index is 0.000000652. The van der Waals surface area contributed by atoms with Crippen LogP contribution >= 0.6 is 18.9 Å². The normalized spacial score (nSPS) is 13.8. The number of ether oxygens (including phenoxy) is 1. The molecule has 1 saturated heterocycles. The van der Waals surface area contributed by atoms with Gasteiger partial charge in [0.05, 0.1) is 38.7 Å². The molecule has 0 unspecified atom stereocenters. The molecule has 8 nitrogen and oxygen atoms in total. The van der Waals surface area contributed by atoms with Crippen LogP contribution in [0.2, 0.25) is 5.02 Å². The Morgan fingerprint density at radius 2 is 1.14 bits per heavy atom. The summed E-state index contributed by atoms with van der Waals surface area (Å²) in [6, 6.07) is 39.9. The molecule has 1 fully saturated rings. The molecule has 0 amide bonds. The van der Waals surface area contributed by atoms with Crippen LogP contribution in [0.25, 0.3) is 11.5 Å². The van der Waals surface area contributed by atoms with Crippen molar-refractivity contribution in [3.05, 3.63) is 120 Å². The molecule has 1 aliphatic rings. The molecule has 1 aromatic heterocycles. The number of aromatic nitrogens is 1. The van der Waals surface area contributed by atoms with E-state index in [1.807, 2.05) is 24.3 Å². The van der Waals surface area contributed by atoms with Crippen molar-refractivity contribution in [3.63, 3.8) is 0 Å². The number of hydrogen-bond acceptors (Lipinski definition) is 8. The number of rotatable bonds is 6. The largest absolute Gasteiger partial charge is 0.416 e. The van der Waals surface area contributed by atoms with E-state index in [2.05, 4.69) is 95.9 Å². The Morgan fingerprint density at radius 1 is 0.714 bits per heavy atom. The third-order valence-electron chi connectivity index (χ3n) is 6.74. The molecule has 0 saturated carbocycles. The first-order valence-corrected chi connectivity index (χ1v) is 16.5. The van der Waals surface area contributed by atoms with Crippen LogP contribution in [0.15, 0.2) is 120 Å². The second kappa shape index (κ2) is 13.3. The van der Waals surface area contributed by atoms with Gasteiger partial charge in [0, 0.05) is 13.1 Å². The molecule has 4 aromatic carbocycles. The number of hydrogen-bond donors (Lipinski definition) is 1. The second-order valence-corrected chi connectivity index (χ2v) is 13.8. The van der Waals surface area contributed by atoms with Crippen molar-refractivity contribution in [2.24, 2.45) is 0 Å². The zero-order chi connectivity index (χ0) is 29.6. The Kier molecular flexibility index (Phi) is 9.58. The quantitative estimate of drug-likeness (QED) is 0.280. The molecule has 11 heteroatoms. The van der Waals surface area contributed by atoms with E-state index in [0.29, 0.717) is 24.1 Å². The predicted molar refractivity (Wildman–Crippen MR) is 157 cm³/mol. The van der Waals surface area contributed by atoms with Gasteiger partial charge in [0.25, 0.3) is 11.3 Å². The van der Waals surface area contributed by atoms with E-state index in [1.54, 1.807) is 0 Å². The molecule has 1 aliphatic heterocycles. The molecule has 42 heavy (non-hydrogen) atoms. The number of halogens is 2. The van der Waals surface area contributed by atoms with Crippen LogP contribution in [0.3, 0.4) is 0 Å². The minimum absolute atomic E-state index is 0.536. The molecule has 0 spiro atoms. The smallest absolute Gasteiger partial charge is 0.262 e. The lowest BCUT2D eigenvalue weighted by Gasteiger charge is -2.30. The summed E-state index contributed by atoms with van der Waals surface area (Å²) in [6.45, 7) is 2.77. The molecule has 1 N–H and O–H groups in total. The molecular weight excluding hydrogens is 598 g/mol. The maximum absolute atomic E-state index is 8.60. The van der Waals surface area contributed by atoms with Gasteiger partial charge in [-0.15, -0.1) is 0 Å². The highest BCUT2D eigenvalue weighted by Crippen LogP contribution is 2.56. The topological polar surface area (TPSA) is 128 Å². The maximum atomic E-state index is 8.60. The van der Waals surface area contributed by atoms with Crippen molar-refractivity contribution in [3.8, 4) is 11.5 Å². The summed E-state index contributed by atoms with van der Waals surface area (Å²) >= 11 is 6.65. The van der Waals surface area contributed by atoms with Gasteiger partial charge < -0.3 is 14.1 Å². The van der Waals surface area contributed by atoms with Crippen LogP contribution in [0.5, 0.6) is 0 Å². The molecule has 0 bridgehead atoms. The molecule has 0 aliphatic carbocycles. The summed E-state index contributed by atoms with van der Waals surface area (Å²) in [4.78, 5) is 7.61. The summed E-state index contributed by atoms with van der Waals surface area (Å²) in [5, 5.41) is 4.29. The van der Waals surface area contributed by atoms with Crippen LogP contribution in [0.4, 0.5) is 5.88 Å². The first kappa shape index (κ1) is 30.2. The van der Waals surface area contributed by atoms with Crippen molar-refractivity contribution in [2.75, 3.05) is 31.2 Å². The fraction of sp³-hybridized carbons (Fsp3) is 0.129. The van der Waals surface area contributed by atoms with Gasteiger partial charge in [0.2, 0.25) is 5.89 Å². The first-order valence-electron chi connectivity index (χ1n) is 13.1. The molecule has 6 rings (SSSR count). The van der Waals surface area contributed by atoms with Gasteiger partial charge in [0.15, 0.2) is 7.26 Å². The first-order chi connectivity index (χ1) is 20.3. The summed E-state index contributed by atoms with van der Waals surface area (Å²) in [5.41, 5.74) is 1.74. The second-order valence-electron chi connectivity index (χ2n) is 9.30. The monoisotopic (exact) mass is 625 g/mol. The number of oxazole rings is 1. The SMILES string of the molecule is Clc1ccccc1-c1nc([P+](c2ccccc2)(c2ccccc2)c2ccccc2)c(N2CCOCC2)o1.[O-][Cl+3]([O-])([O-])O. The molecule has 2 heterocycles. The van der Waals surface area contributed by atoms with Crippen LogP contribution in [0, 0.1) is 10.2 Å². The molecule has 5 aromatic rings. The van der Waals surface area contributed by atoms with E-state index < -0.39 is 17.5 Å². The average molecular weight is 626 g/mol. The highest BCUT2D eigenvalue weighted by atomic mass is 35.7. The minimum atomic E-state index is -4.69. The van der Waals surface area contributed by atoms with Crippen LogP contribution in [0.1, 0.15) is 0 Å². The number of anilines is 1. The van der Waals surface area contributed by atoms with E-state index >= 15 is 0 Å². The molecule has 216 valence electrons. The molecule has 0 atom stereocenters. The Morgan fingerprint density at radius 3 is 1.60 bits per heavy atom. The van der Waals surface area contributed by atoms with Crippen LogP contribution < -0.4 is 40.2 Å². The third kappa shape index (κ3) is 6.68. The highest BCUT2D eigenvalue weighted by Gasteiger charge is 2.53. The number of morpholine rings is 1. The van der Waals surface area contributed by atoms with E-state index in [9.17, 15) is 0 Å². The average Bonchev–Trinajstić information content (AvgIpc) is 3.45. The number of nitrogens with zero attached hydrogens (tertiary/aromatic N) is 2. The summed E-state index contributed by atoms with van der Waals surface area (Å²) in [6.07, 6.45) is 0. The highest BCUT2D eigenvalue weighted by molar-refractivity contribution is 8.01. The lowest BCUT2D eigenvalue weighted by atomic mass is 10.2. The summed E-state index contributed by atoms with van der Waals surface area (Å²) in [5.74, 6) is 1.33. The Hall–Kier alpha value is -3.30. The van der Waals surface area contributed by atoms with Crippen molar-refractivity contribution in [1.82, 2.24) is 4.98 Å². The van der Waals surface area contributed by atoms with Gasteiger partial charge in [0.1, 0.15) is 15.9 Å². The van der Waals surface area contributed by atoms with Crippen molar-refractivity contribution >= 4 is 46.1 Å². The van der Waals surface area contributed by atoms with Crippen molar-refractivity contribution in [2.45, 2.75) is 0 Å². The van der Waals surface area contributed by atoms with E-state index in [-0.39, 0.29) is 0 Å². The fourth-order valence-corrected chi connectivity index (χ4v) is 9.43. The van der Waals surface area contributed by atoms with Gasteiger partial charge in [-0.25, -0.2) is 0 Å². The van der Waals surface area contributed by atoms with Gasteiger partial charge in [-0.3, -0.25) is 0 Å². The molecule has 0 radical (unpaired) electrons. The van der Waals surface area contributed by atoms with Crippen molar-refractivity contribution < 1.29 is 38.0 Å². The van der Waals surface area contributed by atoms with Crippen LogP contribution in [-0.4, -0.2) is 35.9 Å². The van der Waals surface area contributed by atoms with Gasteiger partial charge in [-0.2, -0.15) is 19.0 Å². The number of benzene rings is 4. The standard InChI is InChI=1S/C31H27ClN2O2P.ClHO4/c32-28-19-11-10-18-27(28)29-33-30(31(36-29)34-20-22-35-23-21-34)37(24-12-4-1-5-13-24,25-14-6-2-7-15-25)26-16-8-3-9-17-26;2-1(3,4)5/h1-19H,20-23H2;(H,2,3,4,5)/q+1;. The molecular formula is C31H28Cl2N2O6P+. The minimum Gasteiger partial charge on any atom is -0.416 e. The zero-order valence-electron chi connectivity index (χ0n) is 22.4. The third-order valence-corrected chi connectivity index (χ3v) is 11.2. The lowest BCUT2D eigenvalue weighted by molar-refractivity contribution is -1.92. The predicted octanol–water partition coefficient (Wildman–Crippen LogP) is 1.33. The van der Waals surface area contributed by atoms with Gasteiger partial charge >= 0.3 is 0 Å². The Labute approximate surface area is 251 Å². The fourth-order valence-electron chi connectivity index (χ4n) is 5.01. The van der Waals surface area contributed by atoms with Gasteiger partial charge in [-0.05, 0) is 48.5 Å². The maximum Gasteiger partial charge on any atom is 0.262 e. The van der Waals surface area contributed by atoms with Gasteiger partial charge in [-0.1, -0.05) is 78.3 Å². The van der Waals surface area contributed by atoms with E-state index in [1.165, 1.54) is 15.9 Å². The van der Waals surface area contributed by atoms with E-state index in [4.69, 9.17) is 44.4 Å². The Bertz CT molecular complexity index is 1480.